The predicted molar refractivity (Wildman–Crippen MR) is 103 cm³/mol. The number of benzene rings is 2. The van der Waals surface area contributed by atoms with Crippen LogP contribution in [0, 0.1) is 10.1 Å². The molecular weight excluding hydrogens is 425 g/mol. The van der Waals surface area contributed by atoms with E-state index >= 15 is 0 Å². The lowest BCUT2D eigenvalue weighted by Gasteiger charge is -2.28. The molecule has 1 N–H and O–H groups in total. The first-order chi connectivity index (χ1) is 14.2. The predicted octanol–water partition coefficient (Wildman–Crippen LogP) is 5.29. The average molecular weight is 444 g/mol. The molecule has 0 aliphatic carbocycles. The number of hydrogen-bond donors (Lipinski definition) is 1. The zero-order valence-electron chi connectivity index (χ0n) is 16.0. The Labute approximate surface area is 170 Å². The zero-order valence-corrected chi connectivity index (χ0v) is 16.9. The van der Waals surface area contributed by atoms with Gasteiger partial charge in [0.05, 0.1) is 18.1 Å². The van der Waals surface area contributed by atoms with Crippen molar-refractivity contribution in [3.63, 3.8) is 0 Å². The molecule has 0 aromatic heterocycles. The molecule has 0 spiro atoms. The van der Waals surface area contributed by atoms with Crippen LogP contribution < -0.4 is 14.8 Å². The summed E-state index contributed by atoms with van der Waals surface area (Å²) in [5.74, 6) is -1.41. The van der Waals surface area contributed by atoms with E-state index in [4.69, 9.17) is 9.05 Å². The molecule has 9 nitrogen and oxygen atoms in total. The Morgan fingerprint density at radius 3 is 2.27 bits per heavy atom. The van der Waals surface area contributed by atoms with Gasteiger partial charge >= 0.3 is 13.9 Å². The Kier molecular flexibility index (Phi) is 6.25. The highest BCUT2D eigenvalue weighted by atomic mass is 31.2. The highest BCUT2D eigenvalue weighted by Crippen LogP contribution is 2.61. The molecule has 30 heavy (non-hydrogen) atoms. The van der Waals surface area contributed by atoms with Crippen LogP contribution in [0.15, 0.2) is 42.5 Å². The van der Waals surface area contributed by atoms with Crippen LogP contribution in [0.4, 0.5) is 20.2 Å². The largest absolute Gasteiger partial charge is 0.586 e. The molecule has 0 bridgehead atoms. The quantitative estimate of drug-likeness (QED) is 0.316. The minimum atomic E-state index is -3.80. The number of rotatable bonds is 9. The molecule has 1 atom stereocenters. The van der Waals surface area contributed by atoms with Crippen molar-refractivity contribution >= 4 is 19.0 Å². The molecule has 1 aliphatic heterocycles. The van der Waals surface area contributed by atoms with Crippen LogP contribution in [-0.2, 0) is 13.6 Å². The summed E-state index contributed by atoms with van der Waals surface area (Å²) in [4.78, 5) is 10.4. The summed E-state index contributed by atoms with van der Waals surface area (Å²) in [6.07, 6.45) is -3.77. The third-order valence-electron chi connectivity index (χ3n) is 4.06. The molecule has 1 unspecified atom stereocenters. The molecule has 0 amide bonds. The van der Waals surface area contributed by atoms with E-state index < -0.39 is 24.6 Å². The Morgan fingerprint density at radius 1 is 1.10 bits per heavy atom. The Hall–Kier alpha value is -2.75. The van der Waals surface area contributed by atoms with Crippen molar-refractivity contribution in [2.24, 2.45) is 0 Å². The van der Waals surface area contributed by atoms with Gasteiger partial charge in [0.1, 0.15) is 0 Å². The van der Waals surface area contributed by atoms with Gasteiger partial charge in [0.2, 0.25) is 0 Å². The molecule has 3 rings (SSSR count). The fourth-order valence-corrected chi connectivity index (χ4v) is 4.80. The number of nitro benzene ring substituents is 1. The third kappa shape index (κ3) is 4.69. The molecule has 0 radical (unpaired) electrons. The maximum atomic E-state index is 13.5. The molecular formula is C18H19F2N2O7P. The van der Waals surface area contributed by atoms with E-state index in [9.17, 15) is 23.5 Å². The summed E-state index contributed by atoms with van der Waals surface area (Å²) in [5.41, 5.74) is 0.511. The van der Waals surface area contributed by atoms with Gasteiger partial charge in [-0.1, -0.05) is 0 Å². The summed E-state index contributed by atoms with van der Waals surface area (Å²) in [6, 6.07) is 9.32. The number of alkyl halides is 2. The van der Waals surface area contributed by atoms with Crippen molar-refractivity contribution in [3.05, 3.63) is 58.1 Å². The number of anilines is 1. The second kappa shape index (κ2) is 8.55. The monoisotopic (exact) mass is 444 g/mol. The second-order valence-electron chi connectivity index (χ2n) is 6.10. The lowest BCUT2D eigenvalue weighted by atomic mass is 10.2. The second-order valence-corrected chi connectivity index (χ2v) is 8.21. The van der Waals surface area contributed by atoms with E-state index in [2.05, 4.69) is 14.8 Å². The summed E-state index contributed by atoms with van der Waals surface area (Å²) >= 11 is 0. The molecule has 0 fully saturated rings. The normalized spacial score (nSPS) is 15.6. The van der Waals surface area contributed by atoms with Crippen molar-refractivity contribution in [2.45, 2.75) is 25.9 Å². The Balaban J connectivity index is 1.98. The van der Waals surface area contributed by atoms with Gasteiger partial charge < -0.3 is 23.8 Å². The average Bonchev–Trinajstić information content (AvgIpc) is 2.99. The van der Waals surface area contributed by atoms with Gasteiger partial charge in [0.25, 0.3) is 5.69 Å². The highest BCUT2D eigenvalue weighted by Gasteiger charge is 2.44. The van der Waals surface area contributed by atoms with Crippen LogP contribution in [0.2, 0.25) is 0 Å². The first-order valence-corrected chi connectivity index (χ1v) is 10.6. The molecule has 1 heterocycles. The first kappa shape index (κ1) is 21.9. The van der Waals surface area contributed by atoms with Crippen molar-refractivity contribution in [3.8, 4) is 11.5 Å². The van der Waals surface area contributed by atoms with E-state index in [0.29, 0.717) is 5.56 Å². The van der Waals surface area contributed by atoms with Crippen LogP contribution in [0.25, 0.3) is 0 Å². The van der Waals surface area contributed by atoms with Crippen molar-refractivity contribution in [1.29, 1.82) is 0 Å². The van der Waals surface area contributed by atoms with E-state index in [-0.39, 0.29) is 36.1 Å². The number of ether oxygens (including phenoxy) is 2. The van der Waals surface area contributed by atoms with Gasteiger partial charge in [-0.2, -0.15) is 0 Å². The van der Waals surface area contributed by atoms with Crippen LogP contribution in [0.3, 0.4) is 0 Å². The third-order valence-corrected chi connectivity index (χ3v) is 6.35. The molecule has 12 heteroatoms. The van der Waals surface area contributed by atoms with E-state index in [1.807, 2.05) is 0 Å². The minimum Gasteiger partial charge on any atom is -0.395 e. The molecule has 2 aromatic carbocycles. The number of nitrogens with one attached hydrogen (secondary N) is 1. The van der Waals surface area contributed by atoms with E-state index in [0.717, 1.165) is 0 Å². The van der Waals surface area contributed by atoms with Gasteiger partial charge in [-0.3, -0.25) is 14.7 Å². The molecule has 2 aromatic rings. The SMILES string of the molecule is CCOP(=O)(OCC)C(Nc1ccc2c(c1)OC(F)(F)O2)c1ccc([N+](=O)[O-])cc1. The van der Waals surface area contributed by atoms with E-state index in [1.54, 1.807) is 13.8 Å². The number of nitrogens with zero attached hydrogens (tertiary/aromatic N) is 1. The van der Waals surface area contributed by atoms with Gasteiger partial charge in [0.15, 0.2) is 17.3 Å². The fourth-order valence-electron chi connectivity index (χ4n) is 2.87. The molecule has 0 saturated carbocycles. The van der Waals surface area contributed by atoms with Gasteiger partial charge in [-0.25, -0.2) is 0 Å². The zero-order chi connectivity index (χ0) is 21.9. The summed E-state index contributed by atoms with van der Waals surface area (Å²) in [6.45, 7) is 3.44. The fraction of sp³-hybridized carbons (Fsp3) is 0.333. The number of hydrogen-bond acceptors (Lipinski definition) is 8. The van der Waals surface area contributed by atoms with Crippen LogP contribution in [0.5, 0.6) is 11.5 Å². The van der Waals surface area contributed by atoms with Crippen molar-refractivity contribution < 1.29 is 36.8 Å². The number of halogens is 2. The van der Waals surface area contributed by atoms with Crippen LogP contribution in [0.1, 0.15) is 25.2 Å². The van der Waals surface area contributed by atoms with Gasteiger partial charge in [-0.05, 0) is 43.7 Å². The summed E-state index contributed by atoms with van der Waals surface area (Å²) < 4.78 is 59.7. The standard InChI is InChI=1S/C18H19F2N2O7P/c1-3-26-30(25,27-4-2)17(12-5-8-14(9-6-12)22(23)24)21-13-7-10-15-16(11-13)29-18(19,20)28-15/h5-11,17,21H,3-4H2,1-2H3. The lowest BCUT2D eigenvalue weighted by Crippen LogP contribution is -2.25. The van der Waals surface area contributed by atoms with Gasteiger partial charge in [-0.15, -0.1) is 8.78 Å². The maximum Gasteiger partial charge on any atom is 0.586 e. The summed E-state index contributed by atoms with van der Waals surface area (Å²) in [5, 5.41) is 13.9. The topological polar surface area (TPSA) is 109 Å². The van der Waals surface area contributed by atoms with Gasteiger partial charge in [0, 0.05) is 23.9 Å². The van der Waals surface area contributed by atoms with Crippen LogP contribution >= 0.6 is 7.60 Å². The number of nitro groups is 1. The summed E-state index contributed by atoms with van der Waals surface area (Å²) in [7, 11) is -3.80. The Bertz CT molecular complexity index is 962. The van der Waals surface area contributed by atoms with Crippen molar-refractivity contribution in [2.75, 3.05) is 18.5 Å². The Morgan fingerprint density at radius 2 is 1.70 bits per heavy atom. The minimum absolute atomic E-state index is 0.0792. The number of fused-ring (bicyclic) bond motifs is 1. The molecule has 162 valence electrons. The van der Waals surface area contributed by atoms with E-state index in [1.165, 1.54) is 42.5 Å². The smallest absolute Gasteiger partial charge is 0.395 e. The number of non-ortho nitro benzene ring substituents is 1. The van der Waals surface area contributed by atoms with Crippen LogP contribution in [-0.4, -0.2) is 24.4 Å². The first-order valence-electron chi connectivity index (χ1n) is 8.97. The lowest BCUT2D eigenvalue weighted by molar-refractivity contribution is -0.384. The molecule has 0 saturated heterocycles. The highest BCUT2D eigenvalue weighted by molar-refractivity contribution is 7.54. The molecule has 1 aliphatic rings. The maximum absolute atomic E-state index is 13.5. The van der Waals surface area contributed by atoms with Crippen molar-refractivity contribution in [1.82, 2.24) is 0 Å².